The summed E-state index contributed by atoms with van der Waals surface area (Å²) in [5.41, 5.74) is 3.06. The van der Waals surface area contributed by atoms with Crippen molar-refractivity contribution >= 4 is 11.2 Å². The minimum atomic E-state index is 0.750. The van der Waals surface area contributed by atoms with Crippen LogP contribution in [0.5, 0.6) is 5.75 Å². The fourth-order valence-corrected chi connectivity index (χ4v) is 2.62. The molecule has 4 heteroatoms. The number of hydrogen-bond donors (Lipinski definition) is 0. The second kappa shape index (κ2) is 5.95. The van der Waals surface area contributed by atoms with Gasteiger partial charge >= 0.3 is 0 Å². The maximum Gasteiger partial charge on any atom is 0.159 e. The predicted octanol–water partition coefficient (Wildman–Crippen LogP) is 3.44. The van der Waals surface area contributed by atoms with Gasteiger partial charge in [-0.3, -0.25) is 0 Å². The minimum absolute atomic E-state index is 0.750. The number of ether oxygens (including phenoxy) is 1. The third-order valence-corrected chi connectivity index (χ3v) is 3.57. The molecule has 3 rings (SSSR count). The molecule has 2 aromatic heterocycles. The molecule has 0 saturated carbocycles. The van der Waals surface area contributed by atoms with E-state index < -0.39 is 0 Å². The molecule has 0 bridgehead atoms. The van der Waals surface area contributed by atoms with E-state index in [2.05, 4.69) is 22.5 Å². The Morgan fingerprint density at radius 1 is 1.14 bits per heavy atom. The largest absolute Gasteiger partial charge is 0.496 e. The van der Waals surface area contributed by atoms with Crippen LogP contribution in [0.1, 0.15) is 24.7 Å². The molecule has 21 heavy (non-hydrogen) atoms. The van der Waals surface area contributed by atoms with Gasteiger partial charge in [0.25, 0.3) is 0 Å². The number of fused-ring (bicyclic) bond motifs is 1. The molecule has 0 aliphatic heterocycles. The molecular weight excluding hydrogens is 262 g/mol. The zero-order valence-corrected chi connectivity index (χ0v) is 12.4. The van der Waals surface area contributed by atoms with Gasteiger partial charge in [-0.05, 0) is 24.6 Å². The van der Waals surface area contributed by atoms with Crippen molar-refractivity contribution in [1.29, 1.82) is 0 Å². The molecule has 1 aromatic carbocycles. The molecule has 2 heterocycles. The van der Waals surface area contributed by atoms with Crippen LogP contribution in [0.4, 0.5) is 0 Å². The number of aromatic nitrogens is 3. The Morgan fingerprint density at radius 3 is 2.81 bits per heavy atom. The van der Waals surface area contributed by atoms with Gasteiger partial charge in [-0.2, -0.15) is 0 Å². The number of nitrogens with zero attached hydrogens (tertiary/aromatic N) is 3. The van der Waals surface area contributed by atoms with Gasteiger partial charge in [-0.1, -0.05) is 25.1 Å². The highest BCUT2D eigenvalue weighted by Gasteiger charge is 2.13. The highest BCUT2D eigenvalue weighted by Crippen LogP contribution is 2.23. The lowest BCUT2D eigenvalue weighted by molar-refractivity contribution is 0.410. The topological polar surface area (TPSA) is 39.9 Å². The van der Waals surface area contributed by atoms with Crippen LogP contribution in [-0.2, 0) is 13.0 Å². The molecule has 0 spiro atoms. The summed E-state index contributed by atoms with van der Waals surface area (Å²) in [7, 11) is 1.70. The number of para-hydroxylation sites is 1. The Balaban J connectivity index is 2.05. The van der Waals surface area contributed by atoms with Crippen molar-refractivity contribution in [1.82, 2.24) is 14.5 Å². The molecule has 0 unspecified atom stereocenters. The van der Waals surface area contributed by atoms with Gasteiger partial charge in [0.05, 0.1) is 7.11 Å². The molecule has 108 valence electrons. The maximum absolute atomic E-state index is 5.44. The van der Waals surface area contributed by atoms with Crippen molar-refractivity contribution in [3.05, 3.63) is 54.0 Å². The summed E-state index contributed by atoms with van der Waals surface area (Å²) < 4.78 is 7.65. The lowest BCUT2D eigenvalue weighted by Crippen LogP contribution is -2.05. The molecule has 0 fully saturated rings. The standard InChI is InChI=1S/C17H19N3O/c1-3-11-20-16(19-14-8-6-10-18-17(14)20)12-13-7-4-5-9-15(13)21-2/h4-10H,3,11-12H2,1-2H3. The summed E-state index contributed by atoms with van der Waals surface area (Å²) in [6, 6.07) is 12.0. The van der Waals surface area contributed by atoms with Crippen molar-refractivity contribution < 1.29 is 4.74 Å². The summed E-state index contributed by atoms with van der Waals surface area (Å²) in [5, 5.41) is 0. The number of methoxy groups -OCH3 is 1. The fourth-order valence-electron chi connectivity index (χ4n) is 2.62. The fraction of sp³-hybridized carbons (Fsp3) is 0.294. The normalized spacial score (nSPS) is 11.0. The van der Waals surface area contributed by atoms with E-state index in [0.717, 1.165) is 47.7 Å². The quantitative estimate of drug-likeness (QED) is 0.719. The van der Waals surface area contributed by atoms with Crippen molar-refractivity contribution in [3.8, 4) is 5.75 Å². The zero-order chi connectivity index (χ0) is 14.7. The number of rotatable bonds is 5. The number of pyridine rings is 1. The maximum atomic E-state index is 5.44. The van der Waals surface area contributed by atoms with E-state index in [1.807, 2.05) is 36.5 Å². The molecule has 0 aliphatic rings. The smallest absolute Gasteiger partial charge is 0.159 e. The Morgan fingerprint density at radius 2 is 2.00 bits per heavy atom. The van der Waals surface area contributed by atoms with Crippen LogP contribution in [0.15, 0.2) is 42.6 Å². The SMILES string of the molecule is CCCn1c(Cc2ccccc2OC)nc2cccnc21. The second-order valence-corrected chi connectivity index (χ2v) is 5.01. The van der Waals surface area contributed by atoms with Crippen molar-refractivity contribution in [2.75, 3.05) is 7.11 Å². The number of benzene rings is 1. The van der Waals surface area contributed by atoms with Crippen molar-refractivity contribution in [2.45, 2.75) is 26.3 Å². The lowest BCUT2D eigenvalue weighted by Gasteiger charge is -2.10. The average molecular weight is 281 g/mol. The van der Waals surface area contributed by atoms with E-state index in [-0.39, 0.29) is 0 Å². The molecule has 0 radical (unpaired) electrons. The van der Waals surface area contributed by atoms with Crippen molar-refractivity contribution in [2.24, 2.45) is 0 Å². The lowest BCUT2D eigenvalue weighted by atomic mass is 10.1. The van der Waals surface area contributed by atoms with E-state index in [1.165, 1.54) is 0 Å². The Hall–Kier alpha value is -2.36. The second-order valence-electron chi connectivity index (χ2n) is 5.01. The highest BCUT2D eigenvalue weighted by atomic mass is 16.5. The summed E-state index contributed by atoms with van der Waals surface area (Å²) >= 11 is 0. The van der Waals surface area contributed by atoms with E-state index in [4.69, 9.17) is 9.72 Å². The van der Waals surface area contributed by atoms with Gasteiger partial charge < -0.3 is 9.30 Å². The first-order valence-electron chi connectivity index (χ1n) is 7.25. The summed E-state index contributed by atoms with van der Waals surface area (Å²) in [4.78, 5) is 9.22. The van der Waals surface area contributed by atoms with Crippen molar-refractivity contribution in [3.63, 3.8) is 0 Å². The summed E-state index contributed by atoms with van der Waals surface area (Å²) in [5.74, 6) is 1.94. The molecule has 4 nitrogen and oxygen atoms in total. The van der Waals surface area contributed by atoms with E-state index >= 15 is 0 Å². The molecule has 0 amide bonds. The predicted molar refractivity (Wildman–Crippen MR) is 83.6 cm³/mol. The Labute approximate surface area is 124 Å². The third-order valence-electron chi connectivity index (χ3n) is 3.57. The molecule has 0 saturated heterocycles. The van der Waals surface area contributed by atoms with E-state index in [1.54, 1.807) is 7.11 Å². The summed E-state index contributed by atoms with van der Waals surface area (Å²) in [6.45, 7) is 3.10. The van der Waals surface area contributed by atoms with Crippen LogP contribution in [0.25, 0.3) is 11.2 Å². The number of aryl methyl sites for hydroxylation is 1. The number of hydrogen-bond acceptors (Lipinski definition) is 3. The van der Waals surface area contributed by atoms with Crippen LogP contribution in [0.2, 0.25) is 0 Å². The van der Waals surface area contributed by atoms with Gasteiger partial charge in [0.15, 0.2) is 5.65 Å². The molecule has 0 aliphatic carbocycles. The number of imidazole rings is 1. The Kier molecular flexibility index (Phi) is 3.86. The first kappa shape index (κ1) is 13.6. The van der Waals surface area contributed by atoms with Gasteiger partial charge in [-0.25, -0.2) is 9.97 Å². The van der Waals surface area contributed by atoms with Crippen LogP contribution in [0.3, 0.4) is 0 Å². The van der Waals surface area contributed by atoms with Crippen LogP contribution >= 0.6 is 0 Å². The first-order chi connectivity index (χ1) is 10.3. The van der Waals surface area contributed by atoms with Gasteiger partial charge in [0, 0.05) is 24.7 Å². The van der Waals surface area contributed by atoms with Gasteiger partial charge in [0.2, 0.25) is 0 Å². The highest BCUT2D eigenvalue weighted by molar-refractivity contribution is 5.71. The van der Waals surface area contributed by atoms with Crippen LogP contribution < -0.4 is 4.74 Å². The Bertz CT molecular complexity index is 749. The van der Waals surface area contributed by atoms with E-state index in [9.17, 15) is 0 Å². The average Bonchev–Trinajstić information content (AvgIpc) is 2.86. The van der Waals surface area contributed by atoms with Gasteiger partial charge in [0.1, 0.15) is 17.1 Å². The summed E-state index contributed by atoms with van der Waals surface area (Å²) in [6.07, 6.45) is 3.63. The molecule has 0 N–H and O–H groups in total. The third kappa shape index (κ3) is 2.61. The minimum Gasteiger partial charge on any atom is -0.496 e. The first-order valence-corrected chi connectivity index (χ1v) is 7.25. The van der Waals surface area contributed by atoms with E-state index in [0.29, 0.717) is 0 Å². The van der Waals surface area contributed by atoms with Crippen LogP contribution in [-0.4, -0.2) is 21.6 Å². The van der Waals surface area contributed by atoms with Gasteiger partial charge in [-0.15, -0.1) is 0 Å². The zero-order valence-electron chi connectivity index (χ0n) is 12.4. The monoisotopic (exact) mass is 281 g/mol. The molecular formula is C17H19N3O. The molecule has 0 atom stereocenters. The van der Waals surface area contributed by atoms with Crippen LogP contribution in [0, 0.1) is 0 Å². The molecule has 3 aromatic rings.